The van der Waals surface area contributed by atoms with Gasteiger partial charge in [0.2, 0.25) is 0 Å². The molecule has 0 aliphatic carbocycles. The summed E-state index contributed by atoms with van der Waals surface area (Å²) in [5.41, 5.74) is 0.537. The van der Waals surface area contributed by atoms with E-state index in [9.17, 15) is 14.0 Å². The lowest BCUT2D eigenvalue weighted by Crippen LogP contribution is -2.25. The van der Waals surface area contributed by atoms with Gasteiger partial charge in [0.15, 0.2) is 6.61 Å². The van der Waals surface area contributed by atoms with Gasteiger partial charge in [0.25, 0.3) is 5.91 Å². The molecule has 1 amide bonds. The van der Waals surface area contributed by atoms with Crippen molar-refractivity contribution in [1.29, 1.82) is 0 Å². The molecule has 0 fully saturated rings. The second-order valence-electron chi connectivity index (χ2n) is 3.21. The number of rotatable bonds is 3. The van der Waals surface area contributed by atoms with Crippen LogP contribution in [-0.2, 0) is 9.53 Å². The maximum atomic E-state index is 13.1. The van der Waals surface area contributed by atoms with Crippen LogP contribution in [0.3, 0.4) is 0 Å². The van der Waals surface area contributed by atoms with E-state index in [-0.39, 0.29) is 12.2 Å². The van der Waals surface area contributed by atoms with E-state index in [4.69, 9.17) is 0 Å². The van der Waals surface area contributed by atoms with Gasteiger partial charge in [-0.1, -0.05) is 6.07 Å². The molecule has 1 aromatic carbocycles. The molecule has 0 saturated heterocycles. The predicted octanol–water partition coefficient (Wildman–Crippen LogP) is 1.04. The van der Waals surface area contributed by atoms with E-state index >= 15 is 0 Å². The number of hydrogen-bond donors (Lipinski definition) is 1. The molecule has 0 bridgehead atoms. The van der Waals surface area contributed by atoms with Crippen LogP contribution in [-0.4, -0.2) is 25.5 Å². The standard InChI is InChI=1S/C11H12FNO3/c1-7-3-4-8(5-9(7)12)11(15)16-6-10(14)13-2/h3-5H,6H2,1-2H3,(H,13,14). The Bertz CT molecular complexity index is 418. The van der Waals surface area contributed by atoms with E-state index in [1.54, 1.807) is 6.92 Å². The first-order valence-electron chi connectivity index (χ1n) is 4.68. The number of likely N-dealkylation sites (N-methyl/N-ethyl adjacent to an activating group) is 1. The van der Waals surface area contributed by atoms with Gasteiger partial charge in [-0.3, -0.25) is 4.79 Å². The van der Waals surface area contributed by atoms with Crippen LogP contribution in [0.4, 0.5) is 4.39 Å². The highest BCUT2D eigenvalue weighted by atomic mass is 19.1. The first-order chi connectivity index (χ1) is 7.54. The molecule has 4 nitrogen and oxygen atoms in total. The van der Waals surface area contributed by atoms with Gasteiger partial charge >= 0.3 is 5.97 Å². The topological polar surface area (TPSA) is 55.4 Å². The zero-order valence-corrected chi connectivity index (χ0v) is 9.04. The van der Waals surface area contributed by atoms with Crippen molar-refractivity contribution in [2.75, 3.05) is 13.7 Å². The third-order valence-corrected chi connectivity index (χ3v) is 2.02. The number of amides is 1. The summed E-state index contributed by atoms with van der Waals surface area (Å²) in [4.78, 5) is 22.2. The molecule has 0 spiro atoms. The van der Waals surface area contributed by atoms with Crippen LogP contribution in [0.1, 0.15) is 15.9 Å². The number of ether oxygens (including phenoxy) is 1. The molecular formula is C11H12FNO3. The zero-order chi connectivity index (χ0) is 12.1. The molecule has 0 atom stereocenters. The fourth-order valence-corrected chi connectivity index (χ4v) is 1.01. The van der Waals surface area contributed by atoms with E-state index in [1.165, 1.54) is 19.2 Å². The number of nitrogens with one attached hydrogen (secondary N) is 1. The van der Waals surface area contributed by atoms with Gasteiger partial charge in [0, 0.05) is 7.05 Å². The summed E-state index contributed by atoms with van der Waals surface area (Å²) in [6, 6.07) is 4.01. The minimum absolute atomic E-state index is 0.0898. The maximum absolute atomic E-state index is 13.1. The summed E-state index contributed by atoms with van der Waals surface area (Å²) in [5, 5.41) is 2.30. The van der Waals surface area contributed by atoms with Crippen LogP contribution >= 0.6 is 0 Å². The van der Waals surface area contributed by atoms with Crippen LogP contribution in [0.15, 0.2) is 18.2 Å². The highest BCUT2D eigenvalue weighted by Crippen LogP contribution is 2.10. The Morgan fingerprint density at radius 2 is 2.12 bits per heavy atom. The van der Waals surface area contributed by atoms with E-state index in [0.29, 0.717) is 5.56 Å². The number of carbonyl (C=O) groups excluding carboxylic acids is 2. The number of aryl methyl sites for hydroxylation is 1. The fourth-order valence-electron chi connectivity index (χ4n) is 1.01. The second kappa shape index (κ2) is 5.25. The van der Waals surface area contributed by atoms with Crippen molar-refractivity contribution in [3.8, 4) is 0 Å². The first kappa shape index (κ1) is 12.2. The van der Waals surface area contributed by atoms with Crippen molar-refractivity contribution in [2.24, 2.45) is 0 Å². The first-order valence-corrected chi connectivity index (χ1v) is 4.68. The Balaban J connectivity index is 2.66. The third-order valence-electron chi connectivity index (χ3n) is 2.02. The summed E-state index contributed by atoms with van der Waals surface area (Å²) in [6.07, 6.45) is 0. The Morgan fingerprint density at radius 1 is 1.44 bits per heavy atom. The van der Waals surface area contributed by atoms with E-state index in [2.05, 4.69) is 10.1 Å². The Hall–Kier alpha value is -1.91. The number of esters is 1. The Labute approximate surface area is 92.4 Å². The molecule has 0 radical (unpaired) electrons. The molecule has 0 unspecified atom stereocenters. The fraction of sp³-hybridized carbons (Fsp3) is 0.273. The van der Waals surface area contributed by atoms with Crippen molar-refractivity contribution in [1.82, 2.24) is 5.32 Å². The Morgan fingerprint density at radius 3 is 2.69 bits per heavy atom. The van der Waals surface area contributed by atoms with Crippen LogP contribution in [0.2, 0.25) is 0 Å². The van der Waals surface area contributed by atoms with Crippen molar-refractivity contribution >= 4 is 11.9 Å². The molecule has 1 aromatic rings. The lowest BCUT2D eigenvalue weighted by Gasteiger charge is -2.04. The molecule has 0 aromatic heterocycles. The van der Waals surface area contributed by atoms with Gasteiger partial charge in [-0.05, 0) is 24.6 Å². The number of carbonyl (C=O) groups is 2. The maximum Gasteiger partial charge on any atom is 0.338 e. The van der Waals surface area contributed by atoms with E-state index in [0.717, 1.165) is 6.07 Å². The quantitative estimate of drug-likeness (QED) is 0.782. The van der Waals surface area contributed by atoms with E-state index < -0.39 is 17.7 Å². The largest absolute Gasteiger partial charge is 0.452 e. The molecule has 16 heavy (non-hydrogen) atoms. The van der Waals surface area contributed by atoms with Gasteiger partial charge in [-0.25, -0.2) is 9.18 Å². The van der Waals surface area contributed by atoms with Crippen LogP contribution in [0.25, 0.3) is 0 Å². The minimum Gasteiger partial charge on any atom is -0.452 e. The summed E-state index contributed by atoms with van der Waals surface area (Å²) in [6.45, 7) is 1.22. The molecule has 0 saturated carbocycles. The number of benzene rings is 1. The van der Waals surface area contributed by atoms with Gasteiger partial charge in [-0.2, -0.15) is 0 Å². The molecule has 1 N–H and O–H groups in total. The summed E-state index contributed by atoms with van der Waals surface area (Å²) in [7, 11) is 1.43. The van der Waals surface area contributed by atoms with Crippen molar-refractivity contribution in [3.63, 3.8) is 0 Å². The average molecular weight is 225 g/mol. The highest BCUT2D eigenvalue weighted by molar-refractivity contribution is 5.91. The van der Waals surface area contributed by atoms with Crippen LogP contribution in [0.5, 0.6) is 0 Å². The van der Waals surface area contributed by atoms with Crippen molar-refractivity contribution in [2.45, 2.75) is 6.92 Å². The predicted molar refractivity (Wildman–Crippen MR) is 55.5 cm³/mol. The third kappa shape index (κ3) is 3.05. The average Bonchev–Trinajstić information content (AvgIpc) is 2.29. The smallest absolute Gasteiger partial charge is 0.338 e. The summed E-state index contributed by atoms with van der Waals surface area (Å²) >= 11 is 0. The van der Waals surface area contributed by atoms with Crippen molar-refractivity contribution in [3.05, 3.63) is 35.1 Å². The summed E-state index contributed by atoms with van der Waals surface area (Å²) in [5.74, 6) is -1.61. The van der Waals surface area contributed by atoms with Crippen LogP contribution < -0.4 is 5.32 Å². The number of hydrogen-bond acceptors (Lipinski definition) is 3. The van der Waals surface area contributed by atoms with Gasteiger partial charge in [-0.15, -0.1) is 0 Å². The molecule has 5 heteroatoms. The molecule has 0 heterocycles. The monoisotopic (exact) mass is 225 g/mol. The van der Waals surface area contributed by atoms with Gasteiger partial charge < -0.3 is 10.1 Å². The van der Waals surface area contributed by atoms with Crippen molar-refractivity contribution < 1.29 is 18.7 Å². The molecular weight excluding hydrogens is 213 g/mol. The van der Waals surface area contributed by atoms with Gasteiger partial charge in [0.1, 0.15) is 5.82 Å². The normalized spacial score (nSPS) is 9.69. The van der Waals surface area contributed by atoms with Gasteiger partial charge in [0.05, 0.1) is 5.56 Å². The number of halogens is 1. The second-order valence-corrected chi connectivity index (χ2v) is 3.21. The molecule has 0 aliphatic rings. The van der Waals surface area contributed by atoms with E-state index in [1.807, 2.05) is 0 Å². The molecule has 1 rings (SSSR count). The zero-order valence-electron chi connectivity index (χ0n) is 9.04. The molecule has 86 valence electrons. The Kier molecular flexibility index (Phi) is 3.99. The summed E-state index contributed by atoms with van der Waals surface area (Å²) < 4.78 is 17.8. The lowest BCUT2D eigenvalue weighted by atomic mass is 10.1. The molecule has 0 aliphatic heterocycles. The van der Waals surface area contributed by atoms with Crippen LogP contribution in [0, 0.1) is 12.7 Å². The minimum atomic E-state index is -0.720. The lowest BCUT2D eigenvalue weighted by molar-refractivity contribution is -0.123. The highest BCUT2D eigenvalue weighted by Gasteiger charge is 2.10. The SMILES string of the molecule is CNC(=O)COC(=O)c1ccc(C)c(F)c1.